The minimum atomic E-state index is -0.628. The van der Waals surface area contributed by atoms with Gasteiger partial charge in [0.25, 0.3) is 16.8 Å². The maximum absolute atomic E-state index is 14.1. The molecule has 0 saturated carbocycles. The number of nitro benzene ring substituents is 1. The Hall–Kier alpha value is -2.85. The molecule has 0 unspecified atom stereocenters. The van der Waals surface area contributed by atoms with Crippen LogP contribution in [0.2, 0.25) is 10.0 Å². The molecule has 1 aliphatic rings. The topological polar surface area (TPSA) is 80.5 Å². The van der Waals surface area contributed by atoms with Crippen LogP contribution in [0.4, 0.5) is 14.9 Å². The van der Waals surface area contributed by atoms with Crippen molar-refractivity contribution in [2.24, 2.45) is 0 Å². The van der Waals surface area contributed by atoms with Gasteiger partial charge in [0.1, 0.15) is 5.82 Å². The highest BCUT2D eigenvalue weighted by Crippen LogP contribution is 2.38. The van der Waals surface area contributed by atoms with Crippen LogP contribution in [0.5, 0.6) is 0 Å². The zero-order chi connectivity index (χ0) is 24.4. The first kappa shape index (κ1) is 24.3. The van der Waals surface area contributed by atoms with Crippen molar-refractivity contribution < 1.29 is 18.9 Å². The molecule has 0 N–H and O–H groups in total. The summed E-state index contributed by atoms with van der Waals surface area (Å²) in [6, 6.07) is 15.5. The molecule has 0 aromatic heterocycles. The van der Waals surface area contributed by atoms with E-state index in [2.05, 4.69) is 0 Å². The average molecular weight is 535 g/mol. The highest BCUT2D eigenvalue weighted by atomic mass is 35.5. The van der Waals surface area contributed by atoms with E-state index in [4.69, 9.17) is 23.2 Å². The van der Waals surface area contributed by atoms with Gasteiger partial charge in [-0.2, -0.15) is 0 Å². The molecule has 1 heterocycles. The Morgan fingerprint density at radius 3 is 2.50 bits per heavy atom. The van der Waals surface area contributed by atoms with Gasteiger partial charge in [-0.05, 0) is 65.9 Å². The average Bonchev–Trinajstić information content (AvgIpc) is 3.05. The molecule has 11 heteroatoms. The summed E-state index contributed by atoms with van der Waals surface area (Å²) in [4.78, 5) is 38.5. The Morgan fingerprint density at radius 2 is 1.82 bits per heavy atom. The van der Waals surface area contributed by atoms with Crippen molar-refractivity contribution in [1.82, 2.24) is 4.90 Å². The number of hydrogen-bond donors (Lipinski definition) is 0. The van der Waals surface area contributed by atoms with Crippen LogP contribution in [-0.4, -0.2) is 21.0 Å². The molecule has 0 atom stereocenters. The van der Waals surface area contributed by atoms with Crippen molar-refractivity contribution in [1.29, 1.82) is 0 Å². The molecule has 34 heavy (non-hydrogen) atoms. The number of carbonyl (C=O) groups is 2. The highest BCUT2D eigenvalue weighted by Gasteiger charge is 2.36. The SMILES string of the molecule is O=C1S/C(=C\c2ccc(Sc3ccc(Cl)cc3)c([N+](=O)[O-])c2)C(=O)N1Cc1c(F)cccc1Cl. The molecule has 1 saturated heterocycles. The molecule has 3 aromatic carbocycles. The lowest BCUT2D eigenvalue weighted by Gasteiger charge is -2.14. The van der Waals surface area contributed by atoms with Crippen LogP contribution in [0.1, 0.15) is 11.1 Å². The molecule has 0 bridgehead atoms. The van der Waals surface area contributed by atoms with Gasteiger partial charge in [0, 0.05) is 26.6 Å². The lowest BCUT2D eigenvalue weighted by molar-refractivity contribution is -0.387. The second-order valence-corrected chi connectivity index (χ2v) is 9.96. The number of hydrogen-bond acceptors (Lipinski definition) is 6. The molecule has 0 aliphatic carbocycles. The molecular formula is C23H13Cl2FN2O4S2. The lowest BCUT2D eigenvalue weighted by Crippen LogP contribution is -2.28. The van der Waals surface area contributed by atoms with Crippen molar-refractivity contribution in [3.8, 4) is 0 Å². The summed E-state index contributed by atoms with van der Waals surface area (Å²) in [6.45, 7) is -0.315. The number of rotatable bonds is 6. The maximum Gasteiger partial charge on any atom is 0.293 e. The zero-order valence-corrected chi connectivity index (χ0v) is 20.2. The molecule has 6 nitrogen and oxygen atoms in total. The normalized spacial score (nSPS) is 14.8. The van der Waals surface area contributed by atoms with Crippen LogP contribution in [0.3, 0.4) is 0 Å². The van der Waals surface area contributed by atoms with Gasteiger partial charge in [-0.15, -0.1) is 0 Å². The summed E-state index contributed by atoms with van der Waals surface area (Å²) in [7, 11) is 0. The fourth-order valence-electron chi connectivity index (χ4n) is 3.11. The number of benzene rings is 3. The fourth-order valence-corrected chi connectivity index (χ4v) is 5.20. The molecule has 3 aromatic rings. The zero-order valence-electron chi connectivity index (χ0n) is 17.0. The van der Waals surface area contributed by atoms with Crippen molar-refractivity contribution >= 4 is 69.6 Å². The van der Waals surface area contributed by atoms with Crippen molar-refractivity contribution in [3.05, 3.63) is 103 Å². The Bertz CT molecular complexity index is 1330. The van der Waals surface area contributed by atoms with E-state index < -0.39 is 21.9 Å². The lowest BCUT2D eigenvalue weighted by atomic mass is 10.1. The van der Waals surface area contributed by atoms with E-state index >= 15 is 0 Å². The largest absolute Gasteiger partial charge is 0.293 e. The summed E-state index contributed by atoms with van der Waals surface area (Å²) in [5, 5.41) is 11.7. The van der Waals surface area contributed by atoms with Crippen LogP contribution in [0.15, 0.2) is 75.4 Å². The quantitative estimate of drug-likeness (QED) is 0.186. The summed E-state index contributed by atoms with van der Waals surface area (Å²) >= 11 is 13.8. The van der Waals surface area contributed by atoms with Crippen LogP contribution in [-0.2, 0) is 11.3 Å². The summed E-state index contributed by atoms with van der Waals surface area (Å²) in [5.41, 5.74) is 0.263. The summed E-state index contributed by atoms with van der Waals surface area (Å²) < 4.78 is 14.1. The first-order valence-corrected chi connectivity index (χ1v) is 12.0. The van der Waals surface area contributed by atoms with E-state index in [1.54, 1.807) is 36.4 Å². The monoisotopic (exact) mass is 534 g/mol. The van der Waals surface area contributed by atoms with Crippen LogP contribution in [0.25, 0.3) is 6.08 Å². The molecule has 1 aliphatic heterocycles. The molecule has 2 amide bonds. The Labute approximate surface area is 211 Å². The third-order valence-electron chi connectivity index (χ3n) is 4.77. The smallest absolute Gasteiger partial charge is 0.268 e. The molecular weight excluding hydrogens is 522 g/mol. The number of imide groups is 1. The van der Waals surface area contributed by atoms with Gasteiger partial charge >= 0.3 is 0 Å². The van der Waals surface area contributed by atoms with Gasteiger partial charge in [0.05, 0.1) is 21.3 Å². The van der Waals surface area contributed by atoms with E-state index in [0.717, 1.165) is 9.80 Å². The Morgan fingerprint density at radius 1 is 1.09 bits per heavy atom. The first-order valence-electron chi connectivity index (χ1n) is 9.63. The molecule has 4 rings (SSSR count). The van der Waals surface area contributed by atoms with Gasteiger partial charge in [0.15, 0.2) is 0 Å². The van der Waals surface area contributed by atoms with Gasteiger partial charge in [-0.3, -0.25) is 24.6 Å². The van der Waals surface area contributed by atoms with E-state index in [1.807, 2.05) is 0 Å². The molecule has 0 radical (unpaired) electrons. The minimum absolute atomic E-state index is 0.0342. The summed E-state index contributed by atoms with van der Waals surface area (Å²) in [6.07, 6.45) is 1.40. The van der Waals surface area contributed by atoms with Gasteiger partial charge in [-0.25, -0.2) is 4.39 Å². The maximum atomic E-state index is 14.1. The standard InChI is InChI=1S/C23H13Cl2FN2O4S2/c24-14-5-7-15(8-6-14)33-20-9-4-13(10-19(20)28(31)32)11-21-22(29)27(23(30)34-21)12-16-17(25)2-1-3-18(16)26/h1-11H,12H2/b21-11-. The van der Waals surface area contributed by atoms with Crippen molar-refractivity contribution in [3.63, 3.8) is 0 Å². The molecule has 172 valence electrons. The van der Waals surface area contributed by atoms with Crippen LogP contribution >= 0.6 is 46.7 Å². The van der Waals surface area contributed by atoms with Gasteiger partial charge in [0.2, 0.25) is 0 Å². The number of nitro groups is 1. The third kappa shape index (κ3) is 5.28. The highest BCUT2D eigenvalue weighted by molar-refractivity contribution is 8.18. The number of carbonyl (C=O) groups excluding carboxylic acids is 2. The number of amides is 2. The predicted octanol–water partition coefficient (Wildman–Crippen LogP) is 7.43. The van der Waals surface area contributed by atoms with Gasteiger partial charge in [-0.1, -0.05) is 47.1 Å². The van der Waals surface area contributed by atoms with E-state index in [-0.39, 0.29) is 27.7 Å². The van der Waals surface area contributed by atoms with E-state index in [9.17, 15) is 24.1 Å². The van der Waals surface area contributed by atoms with Crippen LogP contribution < -0.4 is 0 Å². The van der Waals surface area contributed by atoms with E-state index in [0.29, 0.717) is 27.2 Å². The Kier molecular flexibility index (Phi) is 7.27. The van der Waals surface area contributed by atoms with Crippen molar-refractivity contribution in [2.45, 2.75) is 16.3 Å². The molecule has 0 spiro atoms. The number of halogens is 3. The third-order valence-corrected chi connectivity index (χ3v) is 7.36. The minimum Gasteiger partial charge on any atom is -0.268 e. The van der Waals surface area contributed by atoms with E-state index in [1.165, 1.54) is 42.1 Å². The second-order valence-electron chi connectivity index (χ2n) is 7.01. The van der Waals surface area contributed by atoms with Crippen LogP contribution in [0, 0.1) is 15.9 Å². The molecule has 1 fully saturated rings. The first-order chi connectivity index (χ1) is 16.2. The predicted molar refractivity (Wildman–Crippen MR) is 132 cm³/mol. The van der Waals surface area contributed by atoms with Gasteiger partial charge < -0.3 is 0 Å². The Balaban J connectivity index is 1.59. The number of thioether (sulfide) groups is 1. The van der Waals surface area contributed by atoms with Crippen molar-refractivity contribution in [2.75, 3.05) is 0 Å². The second kappa shape index (κ2) is 10.2. The summed E-state index contributed by atoms with van der Waals surface area (Å²) in [5.74, 6) is -1.25. The number of nitrogens with zero attached hydrogens (tertiary/aromatic N) is 2. The fraction of sp³-hybridized carbons (Fsp3) is 0.0435.